The first kappa shape index (κ1) is 15.2. The lowest BCUT2D eigenvalue weighted by atomic mass is 10.0. The quantitative estimate of drug-likeness (QED) is 0.692. The van der Waals surface area contributed by atoms with Crippen molar-refractivity contribution in [3.8, 4) is 0 Å². The number of benzene rings is 1. The Bertz CT molecular complexity index is 420. The van der Waals surface area contributed by atoms with Crippen LogP contribution in [0.25, 0.3) is 0 Å². The maximum Gasteiger partial charge on any atom is 0.330 e. The molecule has 0 radical (unpaired) electrons. The largest absolute Gasteiger partial charge is 0.479 e. The highest BCUT2D eigenvalue weighted by Gasteiger charge is 2.24. The van der Waals surface area contributed by atoms with Gasteiger partial charge in [-0.15, -0.1) is 0 Å². The Kier molecular flexibility index (Phi) is 6.02. The fraction of sp³-hybridized carbons (Fsp3) is 0.429. The fourth-order valence-corrected chi connectivity index (χ4v) is 1.77. The number of carbonyl (C=O) groups is 2. The van der Waals surface area contributed by atoms with Crippen LogP contribution in [-0.4, -0.2) is 23.5 Å². The van der Waals surface area contributed by atoms with Crippen LogP contribution in [0.1, 0.15) is 31.4 Å². The summed E-state index contributed by atoms with van der Waals surface area (Å²) in [5.74, 6) is -1.57. The fourth-order valence-electron chi connectivity index (χ4n) is 1.77. The molecule has 5 nitrogen and oxygen atoms in total. The van der Waals surface area contributed by atoms with Gasteiger partial charge in [-0.2, -0.15) is 0 Å². The third-order valence-corrected chi connectivity index (χ3v) is 2.96. The van der Waals surface area contributed by atoms with E-state index in [1.807, 2.05) is 0 Å². The van der Waals surface area contributed by atoms with Gasteiger partial charge in [0.05, 0.1) is 0 Å². The van der Waals surface area contributed by atoms with Crippen molar-refractivity contribution in [3.63, 3.8) is 0 Å². The van der Waals surface area contributed by atoms with E-state index in [-0.39, 0.29) is 11.8 Å². The van der Waals surface area contributed by atoms with Crippen LogP contribution in [0.5, 0.6) is 0 Å². The molecule has 0 saturated heterocycles. The van der Waals surface area contributed by atoms with Gasteiger partial charge in [-0.05, 0) is 24.9 Å². The van der Waals surface area contributed by atoms with E-state index in [0.29, 0.717) is 18.5 Å². The number of aliphatic carboxylic acids is 1. The zero-order valence-electron chi connectivity index (χ0n) is 11.0. The predicted molar refractivity (Wildman–Crippen MR) is 72.4 cm³/mol. The van der Waals surface area contributed by atoms with Crippen LogP contribution in [0.2, 0.25) is 0 Å². The highest BCUT2D eigenvalue weighted by atomic mass is 16.4. The number of amides is 1. The first-order valence-corrected chi connectivity index (χ1v) is 6.34. The van der Waals surface area contributed by atoms with Gasteiger partial charge in [-0.25, -0.2) is 4.79 Å². The molecule has 2 atom stereocenters. The van der Waals surface area contributed by atoms with E-state index in [9.17, 15) is 14.7 Å². The molecule has 19 heavy (non-hydrogen) atoms. The minimum atomic E-state index is -1.06. The van der Waals surface area contributed by atoms with Gasteiger partial charge < -0.3 is 16.2 Å². The number of nitrogens with two attached hydrogens (primary N) is 1. The van der Waals surface area contributed by atoms with E-state index in [1.165, 1.54) is 0 Å². The molecule has 1 rings (SSSR count). The topological polar surface area (TPSA) is 92.4 Å². The summed E-state index contributed by atoms with van der Waals surface area (Å²) in [6.07, 6.45) is 1.40. The Morgan fingerprint density at radius 2 is 1.95 bits per heavy atom. The average molecular weight is 264 g/mol. The van der Waals surface area contributed by atoms with Crippen molar-refractivity contribution in [1.82, 2.24) is 5.32 Å². The van der Waals surface area contributed by atoms with E-state index in [1.54, 1.807) is 37.3 Å². The van der Waals surface area contributed by atoms with Gasteiger partial charge in [-0.1, -0.05) is 37.3 Å². The van der Waals surface area contributed by atoms with Crippen LogP contribution in [0.3, 0.4) is 0 Å². The van der Waals surface area contributed by atoms with Crippen molar-refractivity contribution in [2.24, 2.45) is 11.7 Å². The number of carboxylic acids is 1. The maximum atomic E-state index is 11.9. The summed E-state index contributed by atoms with van der Waals surface area (Å²) in [6.45, 7) is 2.30. The average Bonchev–Trinajstić information content (AvgIpc) is 2.42. The van der Waals surface area contributed by atoms with Crippen LogP contribution in [0.15, 0.2) is 30.3 Å². The van der Waals surface area contributed by atoms with Crippen LogP contribution in [0, 0.1) is 5.92 Å². The summed E-state index contributed by atoms with van der Waals surface area (Å²) in [5.41, 5.74) is 5.96. The second-order valence-corrected chi connectivity index (χ2v) is 4.52. The molecule has 0 heterocycles. The number of nitrogens with one attached hydrogen (secondary N) is 1. The molecule has 1 unspecified atom stereocenters. The van der Waals surface area contributed by atoms with Crippen molar-refractivity contribution in [1.29, 1.82) is 0 Å². The molecule has 0 aliphatic rings. The standard InChI is InChI=1S/C14H20N2O3/c1-10(6-5-9-15)13(17)16-12(14(18)19)11-7-3-2-4-8-11/h2-4,7-8,10,12H,5-6,9,15H2,1H3,(H,16,17)(H,18,19)/t10?,12-/m1/s1. The van der Waals surface area contributed by atoms with Crippen molar-refractivity contribution in [2.75, 3.05) is 6.54 Å². The van der Waals surface area contributed by atoms with E-state index >= 15 is 0 Å². The molecular weight excluding hydrogens is 244 g/mol. The molecule has 4 N–H and O–H groups in total. The Morgan fingerprint density at radius 1 is 1.32 bits per heavy atom. The first-order chi connectivity index (χ1) is 9.06. The molecule has 0 aromatic heterocycles. The third kappa shape index (κ3) is 4.71. The van der Waals surface area contributed by atoms with Gasteiger partial charge >= 0.3 is 5.97 Å². The van der Waals surface area contributed by atoms with Crippen LogP contribution >= 0.6 is 0 Å². The molecule has 5 heteroatoms. The molecule has 1 aromatic carbocycles. The minimum Gasteiger partial charge on any atom is -0.479 e. The van der Waals surface area contributed by atoms with Gasteiger partial charge in [0.25, 0.3) is 0 Å². The van der Waals surface area contributed by atoms with Gasteiger partial charge in [0.15, 0.2) is 6.04 Å². The maximum absolute atomic E-state index is 11.9. The van der Waals surface area contributed by atoms with E-state index in [2.05, 4.69) is 5.32 Å². The van der Waals surface area contributed by atoms with E-state index in [4.69, 9.17) is 5.73 Å². The molecule has 0 aliphatic heterocycles. The highest BCUT2D eigenvalue weighted by molar-refractivity contribution is 5.85. The molecule has 1 aromatic rings. The normalized spacial score (nSPS) is 13.6. The zero-order chi connectivity index (χ0) is 14.3. The smallest absolute Gasteiger partial charge is 0.330 e. The monoisotopic (exact) mass is 264 g/mol. The van der Waals surface area contributed by atoms with Crippen LogP contribution in [-0.2, 0) is 9.59 Å². The number of rotatable bonds is 7. The van der Waals surface area contributed by atoms with Crippen molar-refractivity contribution >= 4 is 11.9 Å². The number of hydrogen-bond donors (Lipinski definition) is 3. The van der Waals surface area contributed by atoms with Gasteiger partial charge in [0.2, 0.25) is 5.91 Å². The highest BCUT2D eigenvalue weighted by Crippen LogP contribution is 2.14. The Labute approximate surface area is 112 Å². The number of carboxylic acid groups (broad SMARTS) is 1. The molecule has 0 spiro atoms. The third-order valence-electron chi connectivity index (χ3n) is 2.96. The van der Waals surface area contributed by atoms with E-state index < -0.39 is 12.0 Å². The molecule has 0 saturated carbocycles. The lowest BCUT2D eigenvalue weighted by molar-refractivity contribution is -0.142. The molecule has 0 fully saturated rings. The van der Waals surface area contributed by atoms with Gasteiger partial charge in [0.1, 0.15) is 0 Å². The van der Waals surface area contributed by atoms with Gasteiger partial charge in [-0.3, -0.25) is 4.79 Å². The predicted octanol–water partition coefficient (Wildman–Crippen LogP) is 1.30. The molecule has 0 bridgehead atoms. The van der Waals surface area contributed by atoms with Gasteiger partial charge in [0, 0.05) is 5.92 Å². The Morgan fingerprint density at radius 3 is 2.47 bits per heavy atom. The summed E-state index contributed by atoms with van der Waals surface area (Å²) in [4.78, 5) is 23.2. The summed E-state index contributed by atoms with van der Waals surface area (Å²) >= 11 is 0. The van der Waals surface area contributed by atoms with Crippen molar-refractivity contribution in [3.05, 3.63) is 35.9 Å². The lowest BCUT2D eigenvalue weighted by Crippen LogP contribution is -2.37. The van der Waals surface area contributed by atoms with E-state index in [0.717, 1.165) is 6.42 Å². The lowest BCUT2D eigenvalue weighted by Gasteiger charge is -2.18. The molecular formula is C14H20N2O3. The SMILES string of the molecule is CC(CCCN)C(=O)N[C@@H](C(=O)O)c1ccccc1. The second kappa shape index (κ2) is 7.53. The Balaban J connectivity index is 2.70. The zero-order valence-corrected chi connectivity index (χ0v) is 11.0. The van der Waals surface area contributed by atoms with Crippen molar-refractivity contribution < 1.29 is 14.7 Å². The van der Waals surface area contributed by atoms with Crippen LogP contribution < -0.4 is 11.1 Å². The molecule has 0 aliphatic carbocycles. The number of carbonyl (C=O) groups excluding carboxylic acids is 1. The summed E-state index contributed by atoms with van der Waals surface area (Å²) in [5, 5.41) is 11.8. The summed E-state index contributed by atoms with van der Waals surface area (Å²) < 4.78 is 0. The van der Waals surface area contributed by atoms with Crippen LogP contribution in [0.4, 0.5) is 0 Å². The molecule has 1 amide bonds. The summed E-state index contributed by atoms with van der Waals surface area (Å²) in [6, 6.07) is 7.65. The minimum absolute atomic E-state index is 0.242. The Hall–Kier alpha value is -1.88. The first-order valence-electron chi connectivity index (χ1n) is 6.34. The second-order valence-electron chi connectivity index (χ2n) is 4.52. The number of hydrogen-bond acceptors (Lipinski definition) is 3. The summed E-state index contributed by atoms with van der Waals surface area (Å²) in [7, 11) is 0. The van der Waals surface area contributed by atoms with Crippen molar-refractivity contribution in [2.45, 2.75) is 25.8 Å². The molecule has 104 valence electrons.